The van der Waals surface area contributed by atoms with E-state index in [4.69, 9.17) is 15.5 Å². The van der Waals surface area contributed by atoms with Crippen molar-refractivity contribution < 1.29 is 37.0 Å². The Morgan fingerprint density at radius 3 is 2.55 bits per heavy atom. The number of amides is 1. The van der Waals surface area contributed by atoms with Crippen LogP contribution in [0.4, 0.5) is 29.2 Å². The zero-order chi connectivity index (χ0) is 32.2. The van der Waals surface area contributed by atoms with Crippen LogP contribution in [-0.2, 0) is 11.0 Å². The Kier molecular flexibility index (Phi) is 7.50. The maximum Gasteiger partial charge on any atom is 0.416 e. The summed E-state index contributed by atoms with van der Waals surface area (Å²) in [5, 5.41) is 12.3. The van der Waals surface area contributed by atoms with Crippen LogP contribution in [0.25, 0.3) is 16.8 Å². The van der Waals surface area contributed by atoms with Crippen LogP contribution in [0.1, 0.15) is 68.2 Å². The molecular weight excluding hydrogens is 584 g/mol. The molecule has 1 aromatic carbocycles. The molecule has 232 valence electrons. The van der Waals surface area contributed by atoms with E-state index in [2.05, 4.69) is 15.3 Å². The van der Waals surface area contributed by atoms with E-state index in [0.29, 0.717) is 24.7 Å². The van der Waals surface area contributed by atoms with Crippen molar-refractivity contribution in [2.45, 2.75) is 52.6 Å². The molecule has 4 aromatic rings. The van der Waals surface area contributed by atoms with Crippen molar-refractivity contribution in [1.29, 1.82) is 0 Å². The molecule has 14 heteroatoms. The highest BCUT2D eigenvalue weighted by atomic mass is 19.4. The number of nitrogens with two attached hydrogens (primary N) is 1. The molecule has 0 saturated heterocycles. The molecule has 5 rings (SSSR count). The van der Waals surface area contributed by atoms with E-state index in [1.54, 1.807) is 24.4 Å². The largest absolute Gasteiger partial charge is 0.493 e. The van der Waals surface area contributed by atoms with Crippen LogP contribution in [0.2, 0.25) is 0 Å². The lowest BCUT2D eigenvalue weighted by atomic mass is 9.65. The number of carbonyl (C=O) groups is 2. The predicted molar refractivity (Wildman–Crippen MR) is 153 cm³/mol. The Labute approximate surface area is 249 Å². The molecule has 1 aliphatic carbocycles. The number of alkyl halides is 3. The second-order valence-corrected chi connectivity index (χ2v) is 11.4. The minimum Gasteiger partial charge on any atom is -0.493 e. The van der Waals surface area contributed by atoms with Crippen LogP contribution in [0.5, 0.6) is 5.75 Å². The van der Waals surface area contributed by atoms with Crippen molar-refractivity contribution in [3.63, 3.8) is 0 Å². The third kappa shape index (κ3) is 4.97. The van der Waals surface area contributed by atoms with Crippen molar-refractivity contribution in [2.75, 3.05) is 17.7 Å². The van der Waals surface area contributed by atoms with Gasteiger partial charge in [-0.2, -0.15) is 13.2 Å². The second-order valence-electron chi connectivity index (χ2n) is 11.4. The van der Waals surface area contributed by atoms with Gasteiger partial charge in [-0.25, -0.2) is 19.3 Å². The highest BCUT2D eigenvalue weighted by Gasteiger charge is 2.57. The number of nitrogens with zero attached hydrogens (tertiary/aromatic N) is 4. The summed E-state index contributed by atoms with van der Waals surface area (Å²) in [6, 6.07) is 3.60. The molecule has 3 aromatic heterocycles. The number of ether oxygens (including phenoxy) is 1. The van der Waals surface area contributed by atoms with E-state index < -0.39 is 40.3 Å². The van der Waals surface area contributed by atoms with Crippen LogP contribution in [0.15, 0.2) is 42.9 Å². The Morgan fingerprint density at radius 2 is 1.91 bits per heavy atom. The number of anilines is 2. The summed E-state index contributed by atoms with van der Waals surface area (Å²) >= 11 is 0. The lowest BCUT2D eigenvalue weighted by Crippen LogP contribution is -2.40. The van der Waals surface area contributed by atoms with Gasteiger partial charge in [-0.05, 0) is 56.4 Å². The molecule has 3 heterocycles. The second kappa shape index (κ2) is 10.8. The number of nitrogens with one attached hydrogen (secondary N) is 1. The number of imidazole rings is 1. The molecule has 10 nitrogen and oxygen atoms in total. The molecule has 0 bridgehead atoms. The fraction of sp³-hybridized carbons (Fsp3) is 0.367. The summed E-state index contributed by atoms with van der Waals surface area (Å²) in [7, 11) is 0. The Balaban J connectivity index is 1.61. The van der Waals surface area contributed by atoms with Crippen molar-refractivity contribution >= 4 is 29.0 Å². The van der Waals surface area contributed by atoms with Crippen molar-refractivity contribution in [3.05, 3.63) is 65.6 Å². The van der Waals surface area contributed by atoms with Gasteiger partial charge in [0.15, 0.2) is 0 Å². The number of carbonyl (C=O) groups excluding carboxylic acids is 1. The monoisotopic (exact) mass is 614 g/mol. The number of aromatic nitrogens is 4. The van der Waals surface area contributed by atoms with E-state index in [1.807, 2.05) is 13.8 Å². The van der Waals surface area contributed by atoms with Crippen molar-refractivity contribution in [2.24, 2.45) is 10.8 Å². The average molecular weight is 615 g/mol. The summed E-state index contributed by atoms with van der Waals surface area (Å²) in [5.74, 6) is -3.03. The van der Waals surface area contributed by atoms with E-state index >= 15 is 4.39 Å². The molecule has 4 N–H and O–H groups in total. The molecule has 1 saturated carbocycles. The minimum absolute atomic E-state index is 0.0392. The van der Waals surface area contributed by atoms with Gasteiger partial charge < -0.3 is 20.9 Å². The summed E-state index contributed by atoms with van der Waals surface area (Å²) in [4.78, 5) is 38.0. The Morgan fingerprint density at radius 1 is 1.18 bits per heavy atom. The van der Waals surface area contributed by atoms with Gasteiger partial charge in [-0.3, -0.25) is 14.0 Å². The lowest BCUT2D eigenvalue weighted by molar-refractivity contribution is -0.153. The molecule has 0 spiro atoms. The maximum absolute atomic E-state index is 16.1. The highest BCUT2D eigenvalue weighted by molar-refractivity contribution is 6.05. The molecule has 1 fully saturated rings. The number of fused-ring (bicyclic) bond motifs is 1. The third-order valence-electron chi connectivity index (χ3n) is 8.80. The normalized spacial score (nSPS) is 19.7. The quantitative estimate of drug-likeness (QED) is 0.210. The van der Waals surface area contributed by atoms with Crippen LogP contribution in [0, 0.1) is 16.6 Å². The number of rotatable bonds is 7. The van der Waals surface area contributed by atoms with Gasteiger partial charge in [-0.15, -0.1) is 0 Å². The van der Waals surface area contributed by atoms with Crippen LogP contribution in [0.3, 0.4) is 0 Å². The molecule has 1 aliphatic rings. The minimum atomic E-state index is -4.65. The third-order valence-corrected chi connectivity index (χ3v) is 8.80. The summed E-state index contributed by atoms with van der Waals surface area (Å²) in [5.41, 5.74) is 3.47. The topological polar surface area (TPSA) is 145 Å². The van der Waals surface area contributed by atoms with Crippen molar-refractivity contribution in [3.8, 4) is 17.0 Å². The number of aliphatic carboxylic acids is 1. The fourth-order valence-corrected chi connectivity index (χ4v) is 5.92. The first-order chi connectivity index (χ1) is 20.6. The number of hydrogen-bond donors (Lipinski definition) is 3. The number of hydrogen-bond acceptors (Lipinski definition) is 7. The first-order valence-electron chi connectivity index (χ1n) is 13.8. The molecule has 0 unspecified atom stereocenters. The summed E-state index contributed by atoms with van der Waals surface area (Å²) < 4.78 is 62.8. The zero-order valence-corrected chi connectivity index (χ0v) is 24.3. The number of carboxylic acid groups (broad SMARTS) is 1. The lowest BCUT2D eigenvalue weighted by Gasteiger charge is -2.38. The number of pyridine rings is 1. The molecular formula is C30H30F4N6O4. The number of benzene rings is 1. The van der Waals surface area contributed by atoms with Gasteiger partial charge in [0.2, 0.25) is 0 Å². The van der Waals surface area contributed by atoms with E-state index in [1.165, 1.54) is 12.3 Å². The van der Waals surface area contributed by atoms with E-state index in [0.717, 1.165) is 18.3 Å². The fourth-order valence-electron chi connectivity index (χ4n) is 5.92. The molecule has 2 atom stereocenters. The zero-order valence-electron chi connectivity index (χ0n) is 24.3. The first kappa shape index (κ1) is 30.7. The summed E-state index contributed by atoms with van der Waals surface area (Å²) in [6.45, 7) is 7.16. The predicted octanol–water partition coefficient (Wildman–Crippen LogP) is 6.18. The first-order valence-corrected chi connectivity index (χ1v) is 13.8. The van der Waals surface area contributed by atoms with Crippen LogP contribution in [-0.4, -0.2) is 42.9 Å². The molecule has 1 amide bonds. The van der Waals surface area contributed by atoms with Crippen LogP contribution >= 0.6 is 0 Å². The number of carboxylic acids is 1. The average Bonchev–Trinajstić information content (AvgIpc) is 3.43. The van der Waals surface area contributed by atoms with Gasteiger partial charge in [0, 0.05) is 30.1 Å². The van der Waals surface area contributed by atoms with Gasteiger partial charge in [-0.1, -0.05) is 13.8 Å². The van der Waals surface area contributed by atoms with Crippen LogP contribution < -0.4 is 15.8 Å². The van der Waals surface area contributed by atoms with Gasteiger partial charge in [0.25, 0.3) is 5.91 Å². The number of halogens is 4. The van der Waals surface area contributed by atoms with Crippen molar-refractivity contribution in [1.82, 2.24) is 19.4 Å². The standard InChI is InChI=1S/C30H30F4N6O4/c1-5-44-19-13-15(26(41)38-20-14-16(7-9-36-20)30(32,33)34)12-18(31)21(19)22-23-24(35)37-10-11-40(23)25(39-22)17-6-8-29(4,27(42)43)28(17,2)3/h7,9-14,17H,5-6,8H2,1-4H3,(H2,35,37)(H,42,43)(H,36,38,41)/t17-,29+/m0/s1. The highest BCUT2D eigenvalue weighted by Crippen LogP contribution is 2.60. The number of nitrogen functional groups attached to an aromatic ring is 1. The van der Waals surface area contributed by atoms with E-state index in [9.17, 15) is 27.9 Å². The Hall–Kier alpha value is -4.75. The smallest absolute Gasteiger partial charge is 0.416 e. The summed E-state index contributed by atoms with van der Waals surface area (Å²) in [6.07, 6.45) is 0.226. The molecule has 0 aliphatic heterocycles. The van der Waals surface area contributed by atoms with E-state index in [-0.39, 0.29) is 52.2 Å². The maximum atomic E-state index is 16.1. The van der Waals surface area contributed by atoms with Gasteiger partial charge >= 0.3 is 12.1 Å². The Bertz CT molecular complexity index is 1790. The van der Waals surface area contributed by atoms with Gasteiger partial charge in [0.05, 0.1) is 23.1 Å². The molecule has 44 heavy (non-hydrogen) atoms. The SMILES string of the molecule is CCOc1cc(C(=O)Nc2cc(C(F)(F)F)ccn2)cc(F)c1-c1nc([C@@H]2CC[C@](C)(C(=O)O)C2(C)C)n2ccnc(N)c12. The molecule has 0 radical (unpaired) electrons. The van der Waals surface area contributed by atoms with Gasteiger partial charge in [0.1, 0.15) is 40.2 Å².